The van der Waals surface area contributed by atoms with E-state index in [4.69, 9.17) is 10.4 Å². The standard InChI is InChI=1S/C14H14N4O2/c15-9-12-10-16-18(6-7-19)14(12)17-13(20)8-11-4-2-1-3-5-11/h1-5,10,19H,6-8H2,(H,17,20). The zero-order chi connectivity index (χ0) is 14.4. The van der Waals surface area contributed by atoms with Gasteiger partial charge in [-0.2, -0.15) is 10.4 Å². The fourth-order valence-electron chi connectivity index (χ4n) is 1.82. The average molecular weight is 270 g/mol. The molecule has 0 aliphatic heterocycles. The van der Waals surface area contributed by atoms with E-state index in [0.717, 1.165) is 5.56 Å². The Labute approximate surface area is 116 Å². The molecule has 0 aliphatic rings. The van der Waals surface area contributed by atoms with E-state index in [0.29, 0.717) is 5.82 Å². The summed E-state index contributed by atoms with van der Waals surface area (Å²) in [5.41, 5.74) is 1.16. The van der Waals surface area contributed by atoms with Crippen LogP contribution in [-0.2, 0) is 17.8 Å². The SMILES string of the molecule is N#Cc1cnn(CCO)c1NC(=O)Cc1ccccc1. The van der Waals surface area contributed by atoms with Crippen LogP contribution in [0.2, 0.25) is 0 Å². The van der Waals surface area contributed by atoms with Crippen LogP contribution in [0, 0.1) is 11.3 Å². The Kier molecular flexibility index (Phi) is 4.47. The number of carbonyl (C=O) groups is 1. The number of rotatable bonds is 5. The topological polar surface area (TPSA) is 90.9 Å². The molecule has 0 saturated heterocycles. The highest BCUT2D eigenvalue weighted by Gasteiger charge is 2.13. The molecule has 0 saturated carbocycles. The molecule has 0 radical (unpaired) electrons. The molecule has 0 spiro atoms. The zero-order valence-electron chi connectivity index (χ0n) is 10.8. The van der Waals surface area contributed by atoms with Crippen LogP contribution in [0.15, 0.2) is 36.5 Å². The Morgan fingerprint density at radius 1 is 1.40 bits per heavy atom. The van der Waals surface area contributed by atoms with Crippen LogP contribution in [0.4, 0.5) is 5.82 Å². The van der Waals surface area contributed by atoms with Crippen LogP contribution in [0.3, 0.4) is 0 Å². The van der Waals surface area contributed by atoms with E-state index >= 15 is 0 Å². The molecule has 2 N–H and O–H groups in total. The van der Waals surface area contributed by atoms with Crippen LogP contribution >= 0.6 is 0 Å². The highest BCUT2D eigenvalue weighted by Crippen LogP contribution is 2.14. The molecule has 2 aromatic rings. The monoisotopic (exact) mass is 270 g/mol. The van der Waals surface area contributed by atoms with Gasteiger partial charge in [0, 0.05) is 0 Å². The van der Waals surface area contributed by atoms with Gasteiger partial charge in [-0.1, -0.05) is 30.3 Å². The zero-order valence-corrected chi connectivity index (χ0v) is 10.8. The number of carbonyl (C=O) groups excluding carboxylic acids is 1. The predicted octanol–water partition coefficient (Wildman–Crippen LogP) is 0.928. The van der Waals surface area contributed by atoms with Crippen molar-refractivity contribution in [3.63, 3.8) is 0 Å². The summed E-state index contributed by atoms with van der Waals surface area (Å²) in [4.78, 5) is 12.0. The number of hydrogen-bond acceptors (Lipinski definition) is 4. The maximum absolute atomic E-state index is 12.0. The summed E-state index contributed by atoms with van der Waals surface area (Å²) in [6, 6.07) is 11.3. The summed E-state index contributed by atoms with van der Waals surface area (Å²) in [6.45, 7) is 0.108. The molecule has 0 aliphatic carbocycles. The van der Waals surface area contributed by atoms with Crippen LogP contribution < -0.4 is 5.32 Å². The molecule has 0 bridgehead atoms. The summed E-state index contributed by atoms with van der Waals surface area (Å²) in [5.74, 6) is 0.0925. The lowest BCUT2D eigenvalue weighted by molar-refractivity contribution is -0.115. The van der Waals surface area contributed by atoms with Crippen molar-refractivity contribution >= 4 is 11.7 Å². The van der Waals surface area contributed by atoms with E-state index in [1.54, 1.807) is 0 Å². The Balaban J connectivity index is 2.11. The number of amides is 1. The van der Waals surface area contributed by atoms with Gasteiger partial charge in [0.15, 0.2) is 0 Å². The van der Waals surface area contributed by atoms with Gasteiger partial charge >= 0.3 is 0 Å². The van der Waals surface area contributed by atoms with Gasteiger partial charge in [-0.05, 0) is 5.56 Å². The lowest BCUT2D eigenvalue weighted by Gasteiger charge is -2.08. The fourth-order valence-corrected chi connectivity index (χ4v) is 1.82. The first-order valence-electron chi connectivity index (χ1n) is 6.15. The van der Waals surface area contributed by atoms with Gasteiger partial charge in [-0.15, -0.1) is 0 Å². The van der Waals surface area contributed by atoms with Crippen molar-refractivity contribution < 1.29 is 9.90 Å². The van der Waals surface area contributed by atoms with Gasteiger partial charge < -0.3 is 10.4 Å². The number of benzene rings is 1. The predicted molar refractivity (Wildman–Crippen MR) is 72.8 cm³/mol. The number of aromatic nitrogens is 2. The molecule has 2 rings (SSSR count). The first-order valence-corrected chi connectivity index (χ1v) is 6.15. The summed E-state index contributed by atoms with van der Waals surface area (Å²) in [7, 11) is 0. The third-order valence-electron chi connectivity index (χ3n) is 2.74. The van der Waals surface area contributed by atoms with Crippen molar-refractivity contribution in [1.29, 1.82) is 5.26 Å². The summed E-state index contributed by atoms with van der Waals surface area (Å²) >= 11 is 0. The maximum Gasteiger partial charge on any atom is 0.229 e. The van der Waals surface area contributed by atoms with E-state index in [1.165, 1.54) is 10.9 Å². The molecule has 6 nitrogen and oxygen atoms in total. The Bertz CT molecular complexity index is 628. The molecule has 1 heterocycles. The molecule has 0 fully saturated rings. The largest absolute Gasteiger partial charge is 0.394 e. The third-order valence-corrected chi connectivity index (χ3v) is 2.74. The highest BCUT2D eigenvalue weighted by atomic mass is 16.3. The molecular weight excluding hydrogens is 256 g/mol. The fraction of sp³-hybridized carbons (Fsp3) is 0.214. The molecule has 1 aromatic carbocycles. The van der Waals surface area contributed by atoms with Crippen LogP contribution in [0.5, 0.6) is 0 Å². The van der Waals surface area contributed by atoms with Gasteiger partial charge in [0.05, 0.1) is 25.8 Å². The van der Waals surface area contributed by atoms with E-state index < -0.39 is 0 Å². The lowest BCUT2D eigenvalue weighted by atomic mass is 10.1. The second kappa shape index (κ2) is 6.50. The third kappa shape index (κ3) is 3.22. The number of anilines is 1. The van der Waals surface area contributed by atoms with E-state index in [9.17, 15) is 4.79 Å². The minimum Gasteiger partial charge on any atom is -0.394 e. The minimum atomic E-state index is -0.229. The highest BCUT2D eigenvalue weighted by molar-refractivity contribution is 5.92. The van der Waals surface area contributed by atoms with Crippen LogP contribution in [0.1, 0.15) is 11.1 Å². The molecule has 20 heavy (non-hydrogen) atoms. The van der Waals surface area contributed by atoms with Crippen molar-refractivity contribution in [2.45, 2.75) is 13.0 Å². The Morgan fingerprint density at radius 2 is 2.15 bits per heavy atom. The normalized spacial score (nSPS) is 10.0. The minimum absolute atomic E-state index is 0.117. The number of nitrogens with zero attached hydrogens (tertiary/aromatic N) is 3. The smallest absolute Gasteiger partial charge is 0.229 e. The van der Waals surface area contributed by atoms with Crippen molar-refractivity contribution in [3.8, 4) is 6.07 Å². The van der Waals surface area contributed by atoms with Gasteiger partial charge in [0.25, 0.3) is 0 Å². The van der Waals surface area contributed by atoms with Crippen LogP contribution in [-0.4, -0.2) is 27.4 Å². The average Bonchev–Trinajstić information content (AvgIpc) is 2.82. The lowest BCUT2D eigenvalue weighted by Crippen LogP contribution is -2.19. The first kappa shape index (κ1) is 13.8. The second-order valence-corrected chi connectivity index (χ2v) is 4.18. The quantitative estimate of drug-likeness (QED) is 0.845. The van der Waals surface area contributed by atoms with E-state index in [2.05, 4.69) is 10.4 Å². The second-order valence-electron chi connectivity index (χ2n) is 4.18. The molecule has 102 valence electrons. The first-order chi connectivity index (χ1) is 9.74. The van der Waals surface area contributed by atoms with Crippen molar-refractivity contribution in [2.24, 2.45) is 0 Å². The van der Waals surface area contributed by atoms with Crippen molar-refractivity contribution in [3.05, 3.63) is 47.7 Å². The van der Waals surface area contributed by atoms with E-state index in [-0.39, 0.29) is 31.0 Å². The van der Waals surface area contributed by atoms with Crippen LogP contribution in [0.25, 0.3) is 0 Å². The van der Waals surface area contributed by atoms with Gasteiger partial charge in [-0.3, -0.25) is 4.79 Å². The molecule has 6 heteroatoms. The van der Waals surface area contributed by atoms with Gasteiger partial charge in [0.2, 0.25) is 5.91 Å². The van der Waals surface area contributed by atoms with E-state index in [1.807, 2.05) is 36.4 Å². The van der Waals surface area contributed by atoms with Crippen molar-refractivity contribution in [1.82, 2.24) is 9.78 Å². The van der Waals surface area contributed by atoms with Gasteiger partial charge in [0.1, 0.15) is 17.5 Å². The number of nitrogens with one attached hydrogen (secondary N) is 1. The molecule has 1 aromatic heterocycles. The number of hydrogen-bond donors (Lipinski definition) is 2. The molecule has 0 atom stereocenters. The number of aliphatic hydroxyl groups excluding tert-OH is 1. The maximum atomic E-state index is 12.0. The number of aliphatic hydroxyl groups is 1. The number of nitriles is 1. The summed E-state index contributed by atoms with van der Waals surface area (Å²) < 4.78 is 1.40. The molecular formula is C14H14N4O2. The van der Waals surface area contributed by atoms with Crippen molar-refractivity contribution in [2.75, 3.05) is 11.9 Å². The molecule has 1 amide bonds. The van der Waals surface area contributed by atoms with Gasteiger partial charge in [-0.25, -0.2) is 4.68 Å². The summed E-state index contributed by atoms with van der Waals surface area (Å²) in [6.07, 6.45) is 1.59. The summed E-state index contributed by atoms with van der Waals surface area (Å²) in [5, 5.41) is 24.6. The molecule has 0 unspecified atom stereocenters. The Hall–Kier alpha value is -2.65. The Morgan fingerprint density at radius 3 is 2.80 bits per heavy atom.